The van der Waals surface area contributed by atoms with Gasteiger partial charge in [0.15, 0.2) is 0 Å². The van der Waals surface area contributed by atoms with Crippen molar-refractivity contribution in [1.29, 1.82) is 0 Å². The molecule has 0 N–H and O–H groups in total. The Morgan fingerprint density at radius 1 is 0.792 bits per heavy atom. The summed E-state index contributed by atoms with van der Waals surface area (Å²) in [5, 5.41) is 0. The summed E-state index contributed by atoms with van der Waals surface area (Å²) >= 11 is 0. The average Bonchev–Trinajstić information content (AvgIpc) is 3.09. The van der Waals surface area contributed by atoms with Gasteiger partial charge in [-0.1, -0.05) is 62.4 Å². The van der Waals surface area contributed by atoms with E-state index in [-0.39, 0.29) is 51.0 Å². The van der Waals surface area contributed by atoms with E-state index in [2.05, 4.69) is 80.6 Å². The fraction of sp³-hybridized carbons (Fsp3) is 0.143. The van der Waals surface area contributed by atoms with Crippen LogP contribution in [0.4, 0.5) is 0 Å². The van der Waals surface area contributed by atoms with E-state index < -0.39 is 0 Å². The molecule has 119 valence electrons. The SMILES string of the molecule is CC(C)=C1[C-]=C(C2c3ccccc3-c3ccccc32)C=C1.[Cl-].[Cl-].[Zr+3]. The third-order valence-electron chi connectivity index (χ3n) is 4.39. The number of fused-ring (bicyclic) bond motifs is 3. The van der Waals surface area contributed by atoms with E-state index in [0.29, 0.717) is 5.92 Å². The Morgan fingerprint density at radius 3 is 1.75 bits per heavy atom. The van der Waals surface area contributed by atoms with Crippen LogP contribution in [-0.2, 0) is 26.2 Å². The van der Waals surface area contributed by atoms with Crippen molar-refractivity contribution < 1.29 is 51.0 Å². The normalized spacial score (nSPS) is 13.9. The number of allylic oxidation sites excluding steroid dienone is 6. The van der Waals surface area contributed by atoms with Gasteiger partial charge in [0.2, 0.25) is 0 Å². The molecule has 0 bridgehead atoms. The first-order valence-electron chi connectivity index (χ1n) is 7.43. The van der Waals surface area contributed by atoms with Gasteiger partial charge in [0.05, 0.1) is 0 Å². The predicted octanol–water partition coefficient (Wildman–Crippen LogP) is -0.560. The van der Waals surface area contributed by atoms with E-state index in [1.807, 2.05) is 0 Å². The summed E-state index contributed by atoms with van der Waals surface area (Å²) < 4.78 is 0. The second kappa shape index (κ2) is 8.48. The molecule has 2 aromatic rings. The molecule has 0 aliphatic heterocycles. The van der Waals surface area contributed by atoms with E-state index in [9.17, 15) is 0 Å². The minimum Gasteiger partial charge on any atom is -1.00 e. The Bertz CT molecular complexity index is 782. The fourth-order valence-corrected chi connectivity index (χ4v) is 3.36. The largest absolute Gasteiger partial charge is 3.00 e. The zero-order chi connectivity index (χ0) is 14.4. The van der Waals surface area contributed by atoms with Crippen LogP contribution in [0.2, 0.25) is 0 Å². The number of hydrogen-bond acceptors (Lipinski definition) is 0. The Kier molecular flexibility index (Phi) is 7.48. The third kappa shape index (κ3) is 3.40. The molecule has 0 amide bonds. The quantitative estimate of drug-likeness (QED) is 0.532. The van der Waals surface area contributed by atoms with Gasteiger partial charge in [-0.25, -0.2) is 0 Å². The van der Waals surface area contributed by atoms with Gasteiger partial charge in [-0.15, -0.1) is 17.2 Å². The monoisotopic (exact) mass is 429 g/mol. The van der Waals surface area contributed by atoms with Crippen LogP contribution in [0, 0.1) is 6.08 Å². The van der Waals surface area contributed by atoms with Gasteiger partial charge in [-0.2, -0.15) is 17.7 Å². The maximum absolute atomic E-state index is 3.60. The van der Waals surface area contributed by atoms with Crippen LogP contribution in [0.5, 0.6) is 0 Å². The van der Waals surface area contributed by atoms with Crippen molar-refractivity contribution in [2.24, 2.45) is 0 Å². The molecule has 0 fully saturated rings. The molecule has 0 heterocycles. The molecule has 0 nitrogen and oxygen atoms in total. The van der Waals surface area contributed by atoms with Gasteiger partial charge >= 0.3 is 26.2 Å². The van der Waals surface area contributed by atoms with Crippen LogP contribution >= 0.6 is 0 Å². The maximum atomic E-state index is 3.60. The van der Waals surface area contributed by atoms with Crippen LogP contribution in [-0.4, -0.2) is 0 Å². The van der Waals surface area contributed by atoms with E-state index >= 15 is 0 Å². The van der Waals surface area contributed by atoms with Crippen LogP contribution in [0.3, 0.4) is 0 Å². The summed E-state index contributed by atoms with van der Waals surface area (Å²) in [4.78, 5) is 0. The van der Waals surface area contributed by atoms with E-state index in [4.69, 9.17) is 0 Å². The van der Waals surface area contributed by atoms with Crippen molar-refractivity contribution >= 4 is 0 Å². The summed E-state index contributed by atoms with van der Waals surface area (Å²) in [6, 6.07) is 17.5. The maximum Gasteiger partial charge on any atom is 3.00 e. The minimum absolute atomic E-state index is 0. The summed E-state index contributed by atoms with van der Waals surface area (Å²) in [5.74, 6) is 0.325. The number of hydrogen-bond donors (Lipinski definition) is 0. The summed E-state index contributed by atoms with van der Waals surface area (Å²) in [6.07, 6.45) is 8.02. The first-order chi connectivity index (χ1) is 10.3. The summed E-state index contributed by atoms with van der Waals surface area (Å²) in [6.45, 7) is 4.29. The number of benzene rings is 2. The molecule has 0 saturated heterocycles. The first-order valence-corrected chi connectivity index (χ1v) is 7.43. The zero-order valence-corrected chi connectivity index (χ0v) is 17.6. The van der Waals surface area contributed by atoms with Gasteiger partial charge in [-0.05, 0) is 22.3 Å². The molecule has 2 aliphatic rings. The first kappa shape index (κ1) is 21.2. The molecule has 2 aromatic carbocycles. The van der Waals surface area contributed by atoms with Crippen molar-refractivity contribution in [3.8, 4) is 11.1 Å². The predicted molar refractivity (Wildman–Crippen MR) is 88.0 cm³/mol. The second-order valence-electron chi connectivity index (χ2n) is 5.93. The molecule has 0 saturated carbocycles. The molecule has 2 aliphatic carbocycles. The molecule has 3 heteroatoms. The fourth-order valence-electron chi connectivity index (χ4n) is 3.36. The molecule has 0 unspecified atom stereocenters. The molecule has 4 rings (SSSR count). The van der Waals surface area contributed by atoms with Gasteiger partial charge in [0, 0.05) is 5.92 Å². The molecule has 0 aromatic heterocycles. The molecule has 0 spiro atoms. The second-order valence-corrected chi connectivity index (χ2v) is 5.93. The Balaban J connectivity index is 0.000000960. The average molecular weight is 431 g/mol. The van der Waals surface area contributed by atoms with Gasteiger partial charge in [-0.3, -0.25) is 0 Å². The minimum atomic E-state index is 0. The van der Waals surface area contributed by atoms with Crippen molar-refractivity contribution in [2.75, 3.05) is 0 Å². The van der Waals surface area contributed by atoms with Crippen molar-refractivity contribution in [1.82, 2.24) is 0 Å². The molecule has 1 radical (unpaired) electrons. The standard InChI is InChI=1S/C21H17.2ClH.Zr/c1-14(2)15-11-12-16(13-15)21-19-9-5-3-7-17(19)18-8-4-6-10-20(18)21;;;/h3-12,21H,1-2H3;2*1H;/q-1;;;+3/p-2. The summed E-state index contributed by atoms with van der Waals surface area (Å²) in [5.41, 5.74) is 9.37. The van der Waals surface area contributed by atoms with Crippen molar-refractivity contribution in [3.63, 3.8) is 0 Å². The van der Waals surface area contributed by atoms with E-state index in [1.165, 1.54) is 39.0 Å². The Hall–Kier alpha value is -0.877. The number of rotatable bonds is 1. The zero-order valence-electron chi connectivity index (χ0n) is 13.6. The Morgan fingerprint density at radius 2 is 1.29 bits per heavy atom. The molecule has 24 heavy (non-hydrogen) atoms. The van der Waals surface area contributed by atoms with Gasteiger partial charge < -0.3 is 24.8 Å². The van der Waals surface area contributed by atoms with Crippen LogP contribution in [0.25, 0.3) is 11.1 Å². The third-order valence-corrected chi connectivity index (χ3v) is 4.39. The number of halogens is 2. The van der Waals surface area contributed by atoms with Crippen molar-refractivity contribution in [3.05, 3.63) is 94.6 Å². The van der Waals surface area contributed by atoms with Gasteiger partial charge in [0.25, 0.3) is 0 Å². The Labute approximate surface area is 175 Å². The van der Waals surface area contributed by atoms with Gasteiger partial charge in [0.1, 0.15) is 0 Å². The topological polar surface area (TPSA) is 0 Å². The molecular formula is C21H17Cl2Zr. The van der Waals surface area contributed by atoms with E-state index in [1.54, 1.807) is 0 Å². The molecule has 0 atom stereocenters. The smallest absolute Gasteiger partial charge is 1.00 e. The van der Waals surface area contributed by atoms with Crippen LogP contribution < -0.4 is 24.8 Å². The summed E-state index contributed by atoms with van der Waals surface area (Å²) in [7, 11) is 0. The molecular weight excluding hydrogens is 414 g/mol. The van der Waals surface area contributed by atoms with E-state index in [0.717, 1.165) is 0 Å². The van der Waals surface area contributed by atoms with Crippen LogP contribution in [0.15, 0.2) is 77.4 Å². The van der Waals surface area contributed by atoms with Crippen molar-refractivity contribution in [2.45, 2.75) is 19.8 Å². The van der Waals surface area contributed by atoms with Crippen LogP contribution in [0.1, 0.15) is 30.9 Å².